The summed E-state index contributed by atoms with van der Waals surface area (Å²) in [5.41, 5.74) is 12.4. The molecule has 3 aromatic heterocycles. The Labute approximate surface area is 293 Å². The van der Waals surface area contributed by atoms with Gasteiger partial charge < -0.3 is 14.1 Å². The molecule has 0 unspecified atom stereocenters. The van der Waals surface area contributed by atoms with E-state index in [-0.39, 0.29) is 21.1 Å². The standard InChI is InChI=1S/C43H28N4.Pt/c1-46-42-26-31(29-11-4-2-5-12-29)20-24-39(42)45-43(46)33-19-22-37-36-17-8-9-18-40(36)47(41(37)27-33)35-16-10-15-32(25-35)38-23-21-34(28-44-38)30-13-6-3-7-14-30;/h2-24,26,28H,1H3;/q-2;+2. The topological polar surface area (TPSA) is 35.6 Å². The van der Waals surface area contributed by atoms with E-state index in [1.54, 1.807) is 0 Å². The fourth-order valence-electron chi connectivity index (χ4n) is 6.61. The summed E-state index contributed by atoms with van der Waals surface area (Å²) >= 11 is 0. The van der Waals surface area contributed by atoms with Crippen LogP contribution in [-0.2, 0) is 28.1 Å². The predicted octanol–water partition coefficient (Wildman–Crippen LogP) is 10.3. The molecule has 0 saturated carbocycles. The summed E-state index contributed by atoms with van der Waals surface area (Å²) in [5, 5.41) is 2.31. The molecular weight excluding hydrogens is 768 g/mol. The van der Waals surface area contributed by atoms with Gasteiger partial charge in [0.05, 0.1) is 16.9 Å². The molecule has 0 saturated heterocycles. The SMILES string of the molecule is Cn1c(-c2[c-]c3c(cc2)c2ccccc2n3-c2[c-]c(-c3ccc(-c4ccccc4)cn3)ccc2)nc2ccc(-c3ccccc3)cc21.[Pt+2]. The van der Waals surface area contributed by atoms with Crippen LogP contribution in [0.15, 0.2) is 152 Å². The van der Waals surface area contributed by atoms with Crippen LogP contribution in [0.2, 0.25) is 0 Å². The smallest absolute Gasteiger partial charge is 0.367 e. The van der Waals surface area contributed by atoms with Gasteiger partial charge in [-0.15, -0.1) is 53.6 Å². The van der Waals surface area contributed by atoms with E-state index >= 15 is 0 Å². The Morgan fingerprint density at radius 3 is 2.04 bits per heavy atom. The van der Waals surface area contributed by atoms with Crippen LogP contribution >= 0.6 is 0 Å². The summed E-state index contributed by atoms with van der Waals surface area (Å²) in [4.78, 5) is 9.89. The van der Waals surface area contributed by atoms with E-state index in [4.69, 9.17) is 9.97 Å². The number of para-hydroxylation sites is 1. The van der Waals surface area contributed by atoms with E-state index in [2.05, 4.69) is 150 Å². The fraction of sp³-hybridized carbons (Fsp3) is 0.0233. The number of hydrogen-bond acceptors (Lipinski definition) is 2. The Balaban J connectivity index is 0.00000336. The summed E-state index contributed by atoms with van der Waals surface area (Å²) < 4.78 is 4.43. The first-order valence-corrected chi connectivity index (χ1v) is 15.7. The number of pyridine rings is 1. The minimum atomic E-state index is 0. The third-order valence-corrected chi connectivity index (χ3v) is 8.98. The van der Waals surface area contributed by atoms with Crippen molar-refractivity contribution in [2.45, 2.75) is 0 Å². The third kappa shape index (κ3) is 5.06. The van der Waals surface area contributed by atoms with Crippen molar-refractivity contribution in [2.75, 3.05) is 0 Å². The van der Waals surface area contributed by atoms with Gasteiger partial charge >= 0.3 is 21.1 Å². The minimum Gasteiger partial charge on any atom is -0.367 e. The van der Waals surface area contributed by atoms with Gasteiger partial charge in [-0.3, -0.25) is 4.98 Å². The molecule has 0 fully saturated rings. The van der Waals surface area contributed by atoms with Gasteiger partial charge in [-0.2, -0.15) is 0 Å². The first-order valence-electron chi connectivity index (χ1n) is 15.7. The second-order valence-electron chi connectivity index (χ2n) is 11.8. The number of fused-ring (bicyclic) bond motifs is 4. The number of imidazole rings is 1. The van der Waals surface area contributed by atoms with E-state index in [0.29, 0.717) is 0 Å². The zero-order valence-corrected chi connectivity index (χ0v) is 28.3. The second-order valence-corrected chi connectivity index (χ2v) is 11.8. The number of hydrogen-bond donors (Lipinski definition) is 0. The van der Waals surface area contributed by atoms with E-state index < -0.39 is 0 Å². The summed E-state index contributed by atoms with van der Waals surface area (Å²) in [6, 6.07) is 58.0. The molecule has 0 atom stereocenters. The van der Waals surface area contributed by atoms with Crippen LogP contribution < -0.4 is 0 Å². The molecule has 0 N–H and O–H groups in total. The summed E-state index contributed by atoms with van der Waals surface area (Å²) in [6.07, 6.45) is 1.94. The van der Waals surface area contributed by atoms with Crippen LogP contribution in [-0.4, -0.2) is 19.1 Å². The third-order valence-electron chi connectivity index (χ3n) is 8.98. The van der Waals surface area contributed by atoms with Crippen LogP contribution in [0.5, 0.6) is 0 Å². The van der Waals surface area contributed by atoms with Crippen molar-refractivity contribution >= 4 is 32.8 Å². The van der Waals surface area contributed by atoms with Gasteiger partial charge in [0.15, 0.2) is 0 Å². The first-order chi connectivity index (χ1) is 23.2. The summed E-state index contributed by atoms with van der Waals surface area (Å²) in [5.74, 6) is 0.879. The molecule has 0 aliphatic heterocycles. The van der Waals surface area contributed by atoms with Gasteiger partial charge in [-0.25, -0.2) is 0 Å². The van der Waals surface area contributed by atoms with Crippen molar-refractivity contribution in [1.29, 1.82) is 0 Å². The maximum Gasteiger partial charge on any atom is 2.00 e. The molecule has 6 aromatic carbocycles. The number of benzene rings is 6. The largest absolute Gasteiger partial charge is 2.00 e. The molecule has 0 amide bonds. The average Bonchev–Trinajstić information content (AvgIpc) is 3.66. The van der Waals surface area contributed by atoms with Crippen LogP contribution in [0, 0.1) is 12.1 Å². The van der Waals surface area contributed by atoms with Crippen molar-refractivity contribution in [3.8, 4) is 50.6 Å². The summed E-state index contributed by atoms with van der Waals surface area (Å²) in [6.45, 7) is 0. The van der Waals surface area contributed by atoms with Gasteiger partial charge in [-0.05, 0) is 62.7 Å². The zero-order valence-electron chi connectivity index (χ0n) is 26.0. The van der Waals surface area contributed by atoms with E-state index in [9.17, 15) is 0 Å². The van der Waals surface area contributed by atoms with Gasteiger partial charge in [0.25, 0.3) is 0 Å². The molecule has 0 aliphatic rings. The van der Waals surface area contributed by atoms with Crippen LogP contribution in [0.25, 0.3) is 83.4 Å². The van der Waals surface area contributed by atoms with Crippen LogP contribution in [0.3, 0.4) is 0 Å². The first kappa shape index (κ1) is 29.8. The molecule has 9 rings (SSSR count). The normalized spacial score (nSPS) is 11.3. The monoisotopic (exact) mass is 795 g/mol. The molecule has 4 nitrogen and oxygen atoms in total. The predicted molar refractivity (Wildman–Crippen MR) is 192 cm³/mol. The maximum atomic E-state index is 5.07. The number of aromatic nitrogens is 4. The van der Waals surface area contributed by atoms with Gasteiger partial charge in [0.2, 0.25) is 0 Å². The van der Waals surface area contributed by atoms with Gasteiger partial charge in [0, 0.05) is 18.8 Å². The van der Waals surface area contributed by atoms with Crippen molar-refractivity contribution in [3.63, 3.8) is 0 Å². The van der Waals surface area contributed by atoms with Crippen LogP contribution in [0.4, 0.5) is 0 Å². The Bertz CT molecular complexity index is 2570. The molecule has 0 spiro atoms. The molecule has 0 radical (unpaired) electrons. The molecule has 48 heavy (non-hydrogen) atoms. The number of aryl methyl sites for hydroxylation is 1. The molecule has 0 bridgehead atoms. The number of rotatable bonds is 5. The van der Waals surface area contributed by atoms with Crippen molar-refractivity contribution in [1.82, 2.24) is 19.1 Å². The minimum absolute atomic E-state index is 0. The Kier molecular flexibility index (Phi) is 7.59. The second kappa shape index (κ2) is 12.2. The van der Waals surface area contributed by atoms with Crippen molar-refractivity contribution < 1.29 is 21.1 Å². The zero-order chi connectivity index (χ0) is 31.3. The average molecular weight is 796 g/mol. The Hall–Kier alpha value is -5.57. The molecular formula is C43H28N4Pt. The Morgan fingerprint density at radius 1 is 0.542 bits per heavy atom. The van der Waals surface area contributed by atoms with Crippen LogP contribution in [0.1, 0.15) is 0 Å². The molecule has 0 aliphatic carbocycles. The van der Waals surface area contributed by atoms with Gasteiger partial charge in [0.1, 0.15) is 0 Å². The van der Waals surface area contributed by atoms with Crippen molar-refractivity contribution in [3.05, 3.63) is 164 Å². The maximum absolute atomic E-state index is 5.07. The van der Waals surface area contributed by atoms with E-state index in [1.807, 2.05) is 30.5 Å². The molecule has 5 heteroatoms. The van der Waals surface area contributed by atoms with E-state index in [1.165, 1.54) is 16.5 Å². The van der Waals surface area contributed by atoms with Gasteiger partial charge in [-0.1, -0.05) is 102 Å². The Morgan fingerprint density at radius 2 is 1.27 bits per heavy atom. The number of nitrogens with zero attached hydrogens (tertiary/aromatic N) is 4. The van der Waals surface area contributed by atoms with Crippen molar-refractivity contribution in [2.24, 2.45) is 7.05 Å². The summed E-state index contributed by atoms with van der Waals surface area (Å²) in [7, 11) is 2.08. The van der Waals surface area contributed by atoms with E-state index in [0.717, 1.165) is 66.9 Å². The molecule has 9 aromatic rings. The molecule has 230 valence electrons. The fourth-order valence-corrected chi connectivity index (χ4v) is 6.61. The quantitative estimate of drug-likeness (QED) is 0.163. The molecule has 3 heterocycles.